The normalized spacial score (nSPS) is 21.1. The van der Waals surface area contributed by atoms with Crippen molar-refractivity contribution in [3.05, 3.63) is 46.5 Å². The highest BCUT2D eigenvalue weighted by molar-refractivity contribution is 5.80. The van der Waals surface area contributed by atoms with Crippen LogP contribution in [0.15, 0.2) is 17.7 Å². The summed E-state index contributed by atoms with van der Waals surface area (Å²) in [5.41, 5.74) is -3.43. The number of alkyl halides is 1. The van der Waals surface area contributed by atoms with E-state index < -0.39 is 63.7 Å². The summed E-state index contributed by atoms with van der Waals surface area (Å²) in [4.78, 5) is 0. The number of phenolic OH excluding ortho intramolecular Hbond substituents is 1. The predicted octanol–water partition coefficient (Wildman–Crippen LogP) is 2.10. The van der Waals surface area contributed by atoms with Crippen LogP contribution >= 0.6 is 0 Å². The van der Waals surface area contributed by atoms with Gasteiger partial charge in [0.15, 0.2) is 17.4 Å². The minimum absolute atomic E-state index is 0.0251. The second-order valence-corrected chi connectivity index (χ2v) is 4.36. The second-order valence-electron chi connectivity index (χ2n) is 4.36. The Morgan fingerprint density at radius 2 is 1.36 bits per heavy atom. The van der Waals surface area contributed by atoms with Gasteiger partial charge in [0.2, 0.25) is 23.6 Å². The van der Waals surface area contributed by atoms with Gasteiger partial charge < -0.3 is 20.4 Å². The molecule has 1 unspecified atom stereocenters. The molecular formula is C12H6F6O4. The van der Waals surface area contributed by atoms with Crippen LogP contribution in [0.5, 0.6) is 5.75 Å². The number of phenols is 1. The number of rotatable bonds is 1. The molecule has 0 heterocycles. The van der Waals surface area contributed by atoms with E-state index in [4.69, 9.17) is 0 Å². The first kappa shape index (κ1) is 16.2. The third kappa shape index (κ3) is 2.03. The zero-order valence-electron chi connectivity index (χ0n) is 10.2. The third-order valence-corrected chi connectivity index (χ3v) is 2.99. The molecule has 10 heteroatoms. The largest absolute Gasteiger partial charge is 0.507 e. The molecule has 0 saturated heterocycles. The summed E-state index contributed by atoms with van der Waals surface area (Å²) < 4.78 is 79.6. The lowest BCUT2D eigenvalue weighted by Gasteiger charge is -2.31. The molecule has 1 aromatic rings. The minimum atomic E-state index is -3.97. The van der Waals surface area contributed by atoms with Gasteiger partial charge in [0, 0.05) is 6.08 Å². The Kier molecular flexibility index (Phi) is 3.62. The van der Waals surface area contributed by atoms with Crippen LogP contribution in [0.2, 0.25) is 0 Å². The van der Waals surface area contributed by atoms with Crippen LogP contribution in [-0.2, 0) is 0 Å². The molecule has 120 valence electrons. The molecule has 0 amide bonds. The predicted molar refractivity (Wildman–Crippen MR) is 58.7 cm³/mol. The Balaban J connectivity index is 2.90. The van der Waals surface area contributed by atoms with E-state index in [1.165, 1.54) is 0 Å². The van der Waals surface area contributed by atoms with Crippen molar-refractivity contribution in [2.75, 3.05) is 0 Å². The maximum absolute atomic E-state index is 13.7. The maximum atomic E-state index is 13.7. The smallest absolute Gasteiger partial charge is 0.233 e. The summed E-state index contributed by atoms with van der Waals surface area (Å²) in [5.74, 6) is -18.9. The number of halogens is 6. The van der Waals surface area contributed by atoms with Gasteiger partial charge in [-0.15, -0.1) is 0 Å². The SMILES string of the molecule is OC1=C(c2c(O)c(F)c(F)c(F)c2F)C(O)(O)C(F)C(F)=C1. The van der Waals surface area contributed by atoms with E-state index in [0.29, 0.717) is 0 Å². The van der Waals surface area contributed by atoms with E-state index in [-0.39, 0.29) is 6.08 Å². The van der Waals surface area contributed by atoms with Crippen molar-refractivity contribution in [3.63, 3.8) is 0 Å². The molecule has 1 atom stereocenters. The Labute approximate surface area is 117 Å². The molecule has 1 aliphatic carbocycles. The van der Waals surface area contributed by atoms with Crippen molar-refractivity contribution < 1.29 is 46.8 Å². The number of hydrogen-bond acceptors (Lipinski definition) is 4. The summed E-state index contributed by atoms with van der Waals surface area (Å²) in [5, 5.41) is 37.6. The monoisotopic (exact) mass is 328 g/mol. The maximum Gasteiger partial charge on any atom is 0.233 e. The highest BCUT2D eigenvalue weighted by Gasteiger charge is 2.49. The molecule has 0 spiro atoms. The van der Waals surface area contributed by atoms with E-state index in [1.54, 1.807) is 0 Å². The molecule has 2 rings (SSSR count). The van der Waals surface area contributed by atoms with Crippen LogP contribution in [0.3, 0.4) is 0 Å². The van der Waals surface area contributed by atoms with E-state index in [0.717, 1.165) is 0 Å². The van der Waals surface area contributed by atoms with Crippen LogP contribution in [-0.4, -0.2) is 32.4 Å². The zero-order chi connectivity index (χ0) is 17.0. The van der Waals surface area contributed by atoms with Crippen LogP contribution in [0.25, 0.3) is 5.57 Å². The van der Waals surface area contributed by atoms with Gasteiger partial charge in [0.25, 0.3) is 0 Å². The first-order valence-electron chi connectivity index (χ1n) is 5.46. The topological polar surface area (TPSA) is 80.9 Å². The lowest BCUT2D eigenvalue weighted by atomic mass is 9.87. The van der Waals surface area contributed by atoms with Gasteiger partial charge >= 0.3 is 0 Å². The summed E-state index contributed by atoms with van der Waals surface area (Å²) >= 11 is 0. The standard InChI is InChI=1S/C12H6F6O4/c13-2-1-3(19)5(12(21,22)11(2)18)4-6(14)7(15)8(16)9(17)10(4)20/h1,11,19-22H. The van der Waals surface area contributed by atoms with E-state index >= 15 is 0 Å². The molecular weight excluding hydrogens is 322 g/mol. The first-order chi connectivity index (χ1) is 10.0. The van der Waals surface area contributed by atoms with Crippen molar-refractivity contribution in [3.8, 4) is 5.75 Å². The molecule has 22 heavy (non-hydrogen) atoms. The summed E-state index contributed by atoms with van der Waals surface area (Å²) in [6, 6.07) is 0. The van der Waals surface area contributed by atoms with Gasteiger partial charge in [-0.25, -0.2) is 22.0 Å². The first-order valence-corrected chi connectivity index (χ1v) is 5.46. The van der Waals surface area contributed by atoms with Crippen LogP contribution in [0, 0.1) is 23.3 Å². The highest BCUT2D eigenvalue weighted by Crippen LogP contribution is 2.45. The van der Waals surface area contributed by atoms with Crippen molar-refractivity contribution in [2.24, 2.45) is 0 Å². The van der Waals surface area contributed by atoms with Crippen molar-refractivity contribution in [1.82, 2.24) is 0 Å². The van der Waals surface area contributed by atoms with Gasteiger partial charge in [-0.05, 0) is 0 Å². The number of benzene rings is 1. The van der Waals surface area contributed by atoms with Crippen LogP contribution in [0.4, 0.5) is 26.3 Å². The Morgan fingerprint density at radius 1 is 0.864 bits per heavy atom. The fraction of sp³-hybridized carbons (Fsp3) is 0.167. The molecule has 4 N–H and O–H groups in total. The minimum Gasteiger partial charge on any atom is -0.507 e. The Morgan fingerprint density at radius 3 is 1.91 bits per heavy atom. The fourth-order valence-corrected chi connectivity index (χ4v) is 1.94. The molecule has 4 nitrogen and oxygen atoms in total. The summed E-state index contributed by atoms with van der Waals surface area (Å²) in [7, 11) is 0. The lowest BCUT2D eigenvalue weighted by Crippen LogP contribution is -2.44. The van der Waals surface area contributed by atoms with Gasteiger partial charge in [-0.2, -0.15) is 4.39 Å². The quantitative estimate of drug-likeness (QED) is 0.275. The molecule has 0 bridgehead atoms. The molecule has 0 aromatic heterocycles. The number of hydrogen-bond donors (Lipinski definition) is 4. The van der Waals surface area contributed by atoms with E-state index in [9.17, 15) is 46.8 Å². The number of aromatic hydroxyl groups is 1. The highest BCUT2D eigenvalue weighted by atomic mass is 19.2. The number of aliphatic hydroxyl groups excluding tert-OH is 1. The average molecular weight is 328 g/mol. The van der Waals surface area contributed by atoms with Gasteiger partial charge in [0.1, 0.15) is 11.6 Å². The van der Waals surface area contributed by atoms with Crippen molar-refractivity contribution >= 4 is 5.57 Å². The van der Waals surface area contributed by atoms with Crippen molar-refractivity contribution in [2.45, 2.75) is 12.0 Å². The van der Waals surface area contributed by atoms with Crippen molar-refractivity contribution in [1.29, 1.82) is 0 Å². The summed E-state index contributed by atoms with van der Waals surface area (Å²) in [6.45, 7) is 0. The average Bonchev–Trinajstić information content (AvgIpc) is 2.44. The Hall–Kier alpha value is -2.20. The molecule has 1 aliphatic rings. The number of aliphatic hydroxyl groups is 3. The van der Waals surface area contributed by atoms with Gasteiger partial charge in [-0.1, -0.05) is 0 Å². The fourth-order valence-electron chi connectivity index (χ4n) is 1.94. The third-order valence-electron chi connectivity index (χ3n) is 2.99. The molecule has 1 aromatic carbocycles. The number of allylic oxidation sites excluding steroid dienone is 1. The Bertz CT molecular complexity index is 696. The van der Waals surface area contributed by atoms with Gasteiger partial charge in [-0.3, -0.25) is 0 Å². The van der Waals surface area contributed by atoms with E-state index in [2.05, 4.69) is 0 Å². The molecule has 0 aliphatic heterocycles. The molecule has 0 fully saturated rings. The van der Waals surface area contributed by atoms with Crippen LogP contribution < -0.4 is 0 Å². The second kappa shape index (κ2) is 4.92. The summed E-state index contributed by atoms with van der Waals surface area (Å²) in [6.07, 6.45) is -3.28. The van der Waals surface area contributed by atoms with Gasteiger partial charge in [0.05, 0.1) is 11.1 Å². The van der Waals surface area contributed by atoms with E-state index in [1.807, 2.05) is 0 Å². The van der Waals surface area contributed by atoms with Crippen LogP contribution in [0.1, 0.15) is 5.56 Å². The molecule has 0 radical (unpaired) electrons. The molecule has 0 saturated carbocycles. The lowest BCUT2D eigenvalue weighted by molar-refractivity contribution is -0.153. The zero-order valence-corrected chi connectivity index (χ0v) is 10.2.